The molecule has 1 N–H and O–H groups in total. The number of fused-ring (bicyclic) bond motifs is 1. The van der Waals surface area contributed by atoms with Crippen molar-refractivity contribution in [2.24, 2.45) is 0 Å². The topological polar surface area (TPSA) is 51.5 Å². The van der Waals surface area contributed by atoms with Gasteiger partial charge in [0.1, 0.15) is 17.1 Å². The van der Waals surface area contributed by atoms with Gasteiger partial charge in [-0.3, -0.25) is 4.79 Å². The van der Waals surface area contributed by atoms with Gasteiger partial charge < -0.3 is 14.5 Å². The lowest BCUT2D eigenvalue weighted by atomic mass is 10.0. The van der Waals surface area contributed by atoms with E-state index in [1.54, 1.807) is 25.3 Å². The molecule has 1 amide bonds. The summed E-state index contributed by atoms with van der Waals surface area (Å²) in [5.74, 6) is -0.0301. The molecule has 0 bridgehead atoms. The van der Waals surface area contributed by atoms with Crippen LogP contribution in [0.2, 0.25) is 0 Å². The summed E-state index contributed by atoms with van der Waals surface area (Å²) in [6.45, 7) is 7.88. The average Bonchev–Trinajstić information content (AvgIpc) is 2.98. The van der Waals surface area contributed by atoms with Gasteiger partial charge in [0.15, 0.2) is 0 Å². The van der Waals surface area contributed by atoms with Gasteiger partial charge in [0, 0.05) is 28.8 Å². The maximum absolute atomic E-state index is 13.7. The second-order valence-corrected chi connectivity index (χ2v) is 6.48. The molecule has 3 aromatic rings. The van der Waals surface area contributed by atoms with Crippen LogP contribution in [0.25, 0.3) is 16.5 Å². The van der Waals surface area contributed by atoms with Crippen LogP contribution in [0.1, 0.15) is 30.5 Å². The first kappa shape index (κ1) is 18.7. The smallest absolute Gasteiger partial charge is 0.248 e. The molecule has 0 aliphatic heterocycles. The Morgan fingerprint density at radius 1 is 1.22 bits per heavy atom. The molecule has 0 spiro atoms. The summed E-state index contributed by atoms with van der Waals surface area (Å²) >= 11 is 0. The van der Waals surface area contributed by atoms with Crippen LogP contribution in [0.15, 0.2) is 47.1 Å². The highest BCUT2D eigenvalue weighted by Gasteiger charge is 2.13. The van der Waals surface area contributed by atoms with E-state index in [-0.39, 0.29) is 11.7 Å². The maximum atomic E-state index is 13.7. The van der Waals surface area contributed by atoms with E-state index in [0.29, 0.717) is 23.6 Å². The maximum Gasteiger partial charge on any atom is 0.248 e. The van der Waals surface area contributed by atoms with E-state index in [0.717, 1.165) is 27.7 Å². The predicted octanol–water partition coefficient (Wildman–Crippen LogP) is 5.63. The molecule has 0 aliphatic carbocycles. The number of allylic oxidation sites excluding steroid dienone is 1. The molecular weight excluding hydrogens is 345 g/mol. The summed E-state index contributed by atoms with van der Waals surface area (Å²) in [6, 6.07) is 8.41. The van der Waals surface area contributed by atoms with Crippen molar-refractivity contribution in [3.63, 3.8) is 0 Å². The van der Waals surface area contributed by atoms with E-state index in [2.05, 4.69) is 5.32 Å². The lowest BCUT2D eigenvalue weighted by Crippen LogP contribution is -2.09. The summed E-state index contributed by atoms with van der Waals surface area (Å²) < 4.78 is 24.9. The van der Waals surface area contributed by atoms with Gasteiger partial charge in [0.25, 0.3) is 0 Å². The number of nitrogens with one attached hydrogen (secondary N) is 1. The van der Waals surface area contributed by atoms with Gasteiger partial charge in [0.2, 0.25) is 5.91 Å². The quantitative estimate of drug-likeness (QED) is 0.595. The zero-order chi connectivity index (χ0) is 19.6. The van der Waals surface area contributed by atoms with Crippen molar-refractivity contribution >= 4 is 28.1 Å². The van der Waals surface area contributed by atoms with E-state index in [1.807, 2.05) is 32.9 Å². The molecule has 2 aromatic carbocycles. The monoisotopic (exact) mass is 367 g/mol. The van der Waals surface area contributed by atoms with Crippen LogP contribution < -0.4 is 10.1 Å². The molecule has 5 heteroatoms. The Labute approximate surface area is 157 Å². The SMILES string of the molecule is CCOc1cc2occ(C)c2cc1/C(C)=C/C(=O)Nc1ccc(C)c(F)c1. The first-order valence-corrected chi connectivity index (χ1v) is 8.79. The zero-order valence-electron chi connectivity index (χ0n) is 15.9. The average molecular weight is 367 g/mol. The highest BCUT2D eigenvalue weighted by Crippen LogP contribution is 2.33. The second kappa shape index (κ2) is 7.66. The third-order valence-electron chi connectivity index (χ3n) is 4.38. The van der Waals surface area contributed by atoms with Gasteiger partial charge in [-0.25, -0.2) is 4.39 Å². The van der Waals surface area contributed by atoms with Gasteiger partial charge in [-0.05, 0) is 62.6 Å². The zero-order valence-corrected chi connectivity index (χ0v) is 15.9. The Bertz CT molecular complexity index is 1030. The Hall–Kier alpha value is -3.08. The Balaban J connectivity index is 1.91. The molecule has 1 heterocycles. The molecule has 0 unspecified atom stereocenters. The lowest BCUT2D eigenvalue weighted by Gasteiger charge is -2.11. The van der Waals surface area contributed by atoms with Crippen molar-refractivity contribution in [2.75, 3.05) is 11.9 Å². The highest BCUT2D eigenvalue weighted by atomic mass is 19.1. The number of ether oxygens (including phenoxy) is 1. The largest absolute Gasteiger partial charge is 0.493 e. The van der Waals surface area contributed by atoms with Crippen molar-refractivity contribution in [1.29, 1.82) is 0 Å². The van der Waals surface area contributed by atoms with E-state index in [9.17, 15) is 9.18 Å². The van der Waals surface area contributed by atoms with Gasteiger partial charge in [-0.2, -0.15) is 0 Å². The minimum atomic E-state index is -0.354. The highest BCUT2D eigenvalue weighted by molar-refractivity contribution is 6.04. The number of amides is 1. The fourth-order valence-electron chi connectivity index (χ4n) is 2.89. The molecule has 0 aliphatic rings. The molecule has 3 rings (SSSR count). The summed E-state index contributed by atoms with van der Waals surface area (Å²) in [7, 11) is 0. The van der Waals surface area contributed by atoms with E-state index in [1.165, 1.54) is 12.1 Å². The van der Waals surface area contributed by atoms with Gasteiger partial charge in [-0.1, -0.05) is 6.07 Å². The van der Waals surface area contributed by atoms with Gasteiger partial charge in [-0.15, -0.1) is 0 Å². The van der Waals surface area contributed by atoms with E-state index in [4.69, 9.17) is 9.15 Å². The molecule has 0 atom stereocenters. The Kier molecular flexibility index (Phi) is 5.31. The summed E-state index contributed by atoms with van der Waals surface area (Å²) in [6.07, 6.45) is 3.18. The number of hydrogen-bond donors (Lipinski definition) is 1. The molecular formula is C22H22FNO3. The molecule has 140 valence electrons. The Morgan fingerprint density at radius 3 is 2.70 bits per heavy atom. The molecule has 1 aromatic heterocycles. The first-order chi connectivity index (χ1) is 12.9. The number of benzene rings is 2. The van der Waals surface area contributed by atoms with Crippen LogP contribution in [0.4, 0.5) is 10.1 Å². The van der Waals surface area contributed by atoms with Gasteiger partial charge >= 0.3 is 0 Å². The minimum absolute atomic E-state index is 0.331. The number of furan rings is 1. The molecule has 0 fully saturated rings. The summed E-state index contributed by atoms with van der Waals surface area (Å²) in [4.78, 5) is 12.4. The van der Waals surface area contributed by atoms with Crippen LogP contribution >= 0.6 is 0 Å². The fraction of sp³-hybridized carbons (Fsp3) is 0.227. The number of aryl methyl sites for hydroxylation is 2. The van der Waals surface area contributed by atoms with Crippen LogP contribution in [-0.2, 0) is 4.79 Å². The van der Waals surface area contributed by atoms with E-state index < -0.39 is 0 Å². The van der Waals surface area contributed by atoms with Gasteiger partial charge in [0.05, 0.1) is 12.9 Å². The normalized spacial score (nSPS) is 11.7. The van der Waals surface area contributed by atoms with Crippen LogP contribution in [-0.4, -0.2) is 12.5 Å². The van der Waals surface area contributed by atoms with Crippen molar-refractivity contribution in [3.05, 3.63) is 65.2 Å². The van der Waals surface area contributed by atoms with Crippen LogP contribution in [0.3, 0.4) is 0 Å². The number of rotatable bonds is 5. The summed E-state index contributed by atoms with van der Waals surface area (Å²) in [5.41, 5.74) is 4.27. The molecule has 0 saturated carbocycles. The van der Waals surface area contributed by atoms with Crippen molar-refractivity contribution in [1.82, 2.24) is 0 Å². The molecule has 0 saturated heterocycles. The standard InChI is InChI=1S/C22H22FNO3/c1-5-26-20-11-21-18(15(4)12-27-21)10-17(20)14(3)8-22(25)24-16-7-6-13(2)19(23)9-16/h6-12H,5H2,1-4H3,(H,24,25)/b14-8+. The number of hydrogen-bond acceptors (Lipinski definition) is 3. The van der Waals surface area contributed by atoms with Crippen LogP contribution in [0, 0.1) is 19.7 Å². The lowest BCUT2D eigenvalue weighted by molar-refractivity contribution is -0.111. The third-order valence-corrected chi connectivity index (χ3v) is 4.38. The number of carbonyl (C=O) groups excluding carboxylic acids is 1. The van der Waals surface area contributed by atoms with Crippen molar-refractivity contribution < 1.29 is 18.3 Å². The van der Waals surface area contributed by atoms with E-state index >= 15 is 0 Å². The molecule has 0 radical (unpaired) electrons. The predicted molar refractivity (Wildman–Crippen MR) is 106 cm³/mol. The first-order valence-electron chi connectivity index (χ1n) is 8.79. The second-order valence-electron chi connectivity index (χ2n) is 6.48. The number of anilines is 1. The summed E-state index contributed by atoms with van der Waals surface area (Å²) in [5, 5.41) is 3.67. The molecule has 4 nitrogen and oxygen atoms in total. The Morgan fingerprint density at radius 2 is 2.00 bits per heavy atom. The minimum Gasteiger partial charge on any atom is -0.493 e. The van der Waals surface area contributed by atoms with Crippen molar-refractivity contribution in [2.45, 2.75) is 27.7 Å². The third kappa shape index (κ3) is 4.03. The molecule has 27 heavy (non-hydrogen) atoms. The number of carbonyl (C=O) groups is 1. The fourth-order valence-corrected chi connectivity index (χ4v) is 2.89. The number of halogens is 1. The van der Waals surface area contributed by atoms with Crippen LogP contribution in [0.5, 0.6) is 5.75 Å². The van der Waals surface area contributed by atoms with Crippen molar-refractivity contribution in [3.8, 4) is 5.75 Å².